The Hall–Kier alpha value is -0.650. The van der Waals surface area contributed by atoms with Crippen LogP contribution in [0.15, 0.2) is 0 Å². The first-order chi connectivity index (χ1) is 9.25. The van der Waals surface area contributed by atoms with Gasteiger partial charge in [-0.1, -0.05) is 34.6 Å². The summed E-state index contributed by atoms with van der Waals surface area (Å²) in [7, 11) is 3.80. The van der Waals surface area contributed by atoms with Crippen molar-refractivity contribution in [3.63, 3.8) is 0 Å². The summed E-state index contributed by atoms with van der Waals surface area (Å²) in [5.41, 5.74) is 1.28. The maximum Gasteiger partial charge on any atom is 0.185 e. The molecule has 0 aliphatic carbocycles. The molecule has 20 heavy (non-hydrogen) atoms. The van der Waals surface area contributed by atoms with E-state index in [0.29, 0.717) is 6.04 Å². The standard InChI is InChI=1S/C15H29N3OS/c1-11(2)16-10-12-13(15(3,4)5)17-14(20-12)18(6)8-9-19-7/h11,16H,8-10H2,1-7H3. The molecule has 1 aromatic heterocycles. The molecule has 0 amide bonds. The topological polar surface area (TPSA) is 37.4 Å². The fourth-order valence-electron chi connectivity index (χ4n) is 1.83. The molecular formula is C15H29N3OS. The van der Waals surface area contributed by atoms with Crippen molar-refractivity contribution in [3.05, 3.63) is 10.6 Å². The van der Waals surface area contributed by atoms with E-state index in [2.05, 4.69) is 51.9 Å². The molecular weight excluding hydrogens is 270 g/mol. The number of rotatable bonds is 7. The number of nitrogens with one attached hydrogen (secondary N) is 1. The first-order valence-corrected chi connectivity index (χ1v) is 8.01. The van der Waals surface area contributed by atoms with Crippen LogP contribution in [0.1, 0.15) is 45.2 Å². The Morgan fingerprint density at radius 1 is 1.35 bits per heavy atom. The molecule has 1 rings (SSSR count). The molecule has 0 spiro atoms. The van der Waals surface area contributed by atoms with Gasteiger partial charge in [0.05, 0.1) is 12.3 Å². The van der Waals surface area contributed by atoms with Crippen molar-refractivity contribution in [3.8, 4) is 0 Å². The van der Waals surface area contributed by atoms with E-state index in [1.807, 2.05) is 0 Å². The summed E-state index contributed by atoms with van der Waals surface area (Å²) in [5, 5.41) is 4.57. The van der Waals surface area contributed by atoms with Crippen LogP contribution >= 0.6 is 11.3 Å². The van der Waals surface area contributed by atoms with Crippen LogP contribution in [0.2, 0.25) is 0 Å². The minimum absolute atomic E-state index is 0.0742. The highest BCUT2D eigenvalue weighted by atomic mass is 32.1. The Kier molecular flexibility index (Phi) is 6.43. The molecule has 0 bridgehead atoms. The second-order valence-corrected chi connectivity index (χ2v) is 7.53. The van der Waals surface area contributed by atoms with E-state index in [1.165, 1.54) is 10.6 Å². The summed E-state index contributed by atoms with van der Waals surface area (Å²) in [6.07, 6.45) is 0. The van der Waals surface area contributed by atoms with Gasteiger partial charge < -0.3 is 15.0 Å². The number of ether oxygens (including phenoxy) is 1. The second kappa shape index (κ2) is 7.38. The quantitative estimate of drug-likeness (QED) is 0.840. The number of anilines is 1. The Labute approximate surface area is 127 Å². The minimum atomic E-state index is 0.0742. The van der Waals surface area contributed by atoms with Crippen LogP contribution in [0.4, 0.5) is 5.13 Å². The van der Waals surface area contributed by atoms with E-state index in [-0.39, 0.29) is 5.41 Å². The van der Waals surface area contributed by atoms with E-state index in [0.717, 1.165) is 24.8 Å². The number of hydrogen-bond acceptors (Lipinski definition) is 5. The van der Waals surface area contributed by atoms with Gasteiger partial charge in [-0.05, 0) is 0 Å². The Balaban J connectivity index is 2.93. The van der Waals surface area contributed by atoms with Gasteiger partial charge in [0.15, 0.2) is 5.13 Å². The van der Waals surface area contributed by atoms with Crippen LogP contribution in [0.3, 0.4) is 0 Å². The smallest absolute Gasteiger partial charge is 0.185 e. The predicted molar refractivity (Wildman–Crippen MR) is 87.9 cm³/mol. The third-order valence-corrected chi connectivity index (χ3v) is 4.19. The van der Waals surface area contributed by atoms with Gasteiger partial charge in [-0.25, -0.2) is 4.98 Å². The van der Waals surface area contributed by atoms with Gasteiger partial charge in [0, 0.05) is 43.6 Å². The summed E-state index contributed by atoms with van der Waals surface area (Å²) in [4.78, 5) is 8.37. The predicted octanol–water partition coefficient (Wildman–Crippen LogP) is 3.02. The van der Waals surface area contributed by atoms with Crippen molar-refractivity contribution in [2.24, 2.45) is 0 Å². The molecule has 1 aromatic rings. The molecule has 0 fully saturated rings. The number of likely N-dealkylation sites (N-methyl/N-ethyl adjacent to an activating group) is 1. The lowest BCUT2D eigenvalue weighted by Gasteiger charge is -2.18. The Bertz CT molecular complexity index is 410. The minimum Gasteiger partial charge on any atom is -0.383 e. The number of nitrogens with zero attached hydrogens (tertiary/aromatic N) is 2. The van der Waals surface area contributed by atoms with Crippen LogP contribution in [-0.4, -0.2) is 38.3 Å². The molecule has 0 saturated carbocycles. The van der Waals surface area contributed by atoms with Crippen LogP contribution < -0.4 is 10.2 Å². The van der Waals surface area contributed by atoms with Gasteiger partial charge in [-0.3, -0.25) is 0 Å². The average molecular weight is 299 g/mol. The van der Waals surface area contributed by atoms with Crippen molar-refractivity contribution in [2.45, 2.75) is 52.6 Å². The maximum atomic E-state index is 5.14. The lowest BCUT2D eigenvalue weighted by Crippen LogP contribution is -2.24. The van der Waals surface area contributed by atoms with E-state index < -0.39 is 0 Å². The van der Waals surface area contributed by atoms with E-state index in [9.17, 15) is 0 Å². The number of methoxy groups -OCH3 is 1. The number of aromatic nitrogens is 1. The molecule has 0 saturated heterocycles. The van der Waals surface area contributed by atoms with Gasteiger partial charge >= 0.3 is 0 Å². The first-order valence-electron chi connectivity index (χ1n) is 7.19. The summed E-state index contributed by atoms with van der Waals surface area (Å²) in [6.45, 7) is 13.5. The normalized spacial score (nSPS) is 12.2. The third kappa shape index (κ3) is 5.04. The summed E-state index contributed by atoms with van der Waals surface area (Å²) < 4.78 is 5.14. The van der Waals surface area contributed by atoms with Gasteiger partial charge in [-0.2, -0.15) is 0 Å². The number of thiazole rings is 1. The van der Waals surface area contributed by atoms with Crippen LogP contribution in [-0.2, 0) is 16.7 Å². The molecule has 5 heteroatoms. The summed E-state index contributed by atoms with van der Waals surface area (Å²) in [5.74, 6) is 0. The van der Waals surface area contributed by atoms with Crippen molar-refractivity contribution >= 4 is 16.5 Å². The fraction of sp³-hybridized carbons (Fsp3) is 0.800. The van der Waals surface area contributed by atoms with E-state index in [4.69, 9.17) is 9.72 Å². The molecule has 116 valence electrons. The molecule has 0 unspecified atom stereocenters. The van der Waals surface area contributed by atoms with Gasteiger partial charge in [-0.15, -0.1) is 11.3 Å². The van der Waals surface area contributed by atoms with Crippen molar-refractivity contribution in [1.82, 2.24) is 10.3 Å². The summed E-state index contributed by atoms with van der Waals surface area (Å²) >= 11 is 1.78. The van der Waals surface area contributed by atoms with Gasteiger partial charge in [0.2, 0.25) is 0 Å². The lowest BCUT2D eigenvalue weighted by molar-refractivity contribution is 0.206. The van der Waals surface area contributed by atoms with Gasteiger partial charge in [0.25, 0.3) is 0 Å². The van der Waals surface area contributed by atoms with Crippen molar-refractivity contribution < 1.29 is 4.74 Å². The molecule has 4 nitrogen and oxygen atoms in total. The zero-order valence-corrected chi connectivity index (χ0v) is 14.7. The molecule has 0 aromatic carbocycles. The molecule has 1 heterocycles. The van der Waals surface area contributed by atoms with Crippen molar-refractivity contribution in [2.75, 3.05) is 32.2 Å². The Morgan fingerprint density at radius 2 is 2.00 bits per heavy atom. The van der Waals surface area contributed by atoms with Crippen LogP contribution in [0.25, 0.3) is 0 Å². The first kappa shape index (κ1) is 17.4. The molecule has 0 aliphatic rings. The van der Waals surface area contributed by atoms with E-state index in [1.54, 1.807) is 18.4 Å². The SMILES string of the molecule is COCCN(C)c1nc(C(C)(C)C)c(CNC(C)C)s1. The highest BCUT2D eigenvalue weighted by Gasteiger charge is 2.24. The maximum absolute atomic E-state index is 5.14. The summed E-state index contributed by atoms with van der Waals surface area (Å²) in [6, 6.07) is 0.486. The third-order valence-electron chi connectivity index (χ3n) is 3.02. The fourth-order valence-corrected chi connectivity index (χ4v) is 3.04. The highest BCUT2D eigenvalue weighted by Crippen LogP contribution is 2.33. The number of hydrogen-bond donors (Lipinski definition) is 1. The zero-order valence-electron chi connectivity index (χ0n) is 13.9. The lowest BCUT2D eigenvalue weighted by atomic mass is 9.91. The van der Waals surface area contributed by atoms with Crippen LogP contribution in [0.5, 0.6) is 0 Å². The Morgan fingerprint density at radius 3 is 2.50 bits per heavy atom. The second-order valence-electron chi connectivity index (χ2n) is 6.47. The highest BCUT2D eigenvalue weighted by molar-refractivity contribution is 7.15. The van der Waals surface area contributed by atoms with E-state index >= 15 is 0 Å². The molecule has 1 N–H and O–H groups in total. The molecule has 0 aliphatic heterocycles. The zero-order chi connectivity index (χ0) is 15.3. The average Bonchev–Trinajstić information content (AvgIpc) is 2.77. The van der Waals surface area contributed by atoms with Gasteiger partial charge in [0.1, 0.15) is 0 Å². The van der Waals surface area contributed by atoms with Crippen molar-refractivity contribution in [1.29, 1.82) is 0 Å². The molecule has 0 radical (unpaired) electrons. The largest absolute Gasteiger partial charge is 0.383 e. The monoisotopic (exact) mass is 299 g/mol. The molecule has 0 atom stereocenters. The van der Waals surface area contributed by atoms with Crippen LogP contribution in [0, 0.1) is 0 Å².